The number of amides is 2. The average molecular weight is 418 g/mol. The average Bonchev–Trinajstić information content (AvgIpc) is 3.08. The first-order valence-corrected chi connectivity index (χ1v) is 9.24. The fourth-order valence-electron chi connectivity index (χ4n) is 2.56. The fourth-order valence-corrected chi connectivity index (χ4v) is 3.06. The largest absolute Gasteiger partial charge is 0.441 e. The lowest BCUT2D eigenvalue weighted by Gasteiger charge is -2.07. The van der Waals surface area contributed by atoms with Crippen molar-refractivity contribution in [1.82, 2.24) is 4.98 Å². The van der Waals surface area contributed by atoms with Gasteiger partial charge in [0.25, 0.3) is 0 Å². The third kappa shape index (κ3) is 5.34. The highest BCUT2D eigenvalue weighted by Gasteiger charge is 2.12. The predicted molar refractivity (Wildman–Crippen MR) is 110 cm³/mol. The summed E-state index contributed by atoms with van der Waals surface area (Å²) in [6, 6.07) is 12.0. The molecule has 3 aromatic rings. The second-order valence-corrected chi connectivity index (χ2v) is 6.90. The van der Waals surface area contributed by atoms with Crippen LogP contribution in [0.25, 0.3) is 11.3 Å². The Hall–Kier alpha value is -2.83. The molecule has 2 N–H and O–H groups in total. The van der Waals surface area contributed by atoms with E-state index in [0.29, 0.717) is 45.1 Å². The van der Waals surface area contributed by atoms with Crippen molar-refractivity contribution in [1.29, 1.82) is 0 Å². The summed E-state index contributed by atoms with van der Waals surface area (Å²) in [5.74, 6) is 0.580. The lowest BCUT2D eigenvalue weighted by atomic mass is 10.2. The molecule has 1 aromatic heterocycles. The van der Waals surface area contributed by atoms with Crippen LogP contribution >= 0.6 is 23.2 Å². The first-order valence-electron chi connectivity index (χ1n) is 8.48. The van der Waals surface area contributed by atoms with Gasteiger partial charge in [0.1, 0.15) is 0 Å². The molecule has 2 amide bonds. The lowest BCUT2D eigenvalue weighted by molar-refractivity contribution is -0.116. The molecule has 8 heteroatoms. The maximum atomic E-state index is 12.2. The molecule has 0 atom stereocenters. The van der Waals surface area contributed by atoms with E-state index in [1.54, 1.807) is 48.7 Å². The second kappa shape index (κ2) is 8.91. The number of benzene rings is 2. The Morgan fingerprint density at radius 1 is 1.07 bits per heavy atom. The normalized spacial score (nSPS) is 10.5. The van der Waals surface area contributed by atoms with Crippen LogP contribution < -0.4 is 10.6 Å². The maximum absolute atomic E-state index is 12.2. The summed E-state index contributed by atoms with van der Waals surface area (Å²) < 4.78 is 5.69. The Kier molecular flexibility index (Phi) is 6.34. The first-order chi connectivity index (χ1) is 13.4. The Bertz CT molecular complexity index is 1020. The van der Waals surface area contributed by atoms with Crippen LogP contribution in [0.2, 0.25) is 10.0 Å². The number of aryl methyl sites for hydroxylation is 1. The van der Waals surface area contributed by atoms with Crippen LogP contribution in [0, 0.1) is 0 Å². The van der Waals surface area contributed by atoms with Crippen LogP contribution in [0.5, 0.6) is 0 Å². The summed E-state index contributed by atoms with van der Waals surface area (Å²) in [5.41, 5.74) is 1.89. The Balaban J connectivity index is 1.58. The van der Waals surface area contributed by atoms with Gasteiger partial charge in [0, 0.05) is 41.7 Å². The van der Waals surface area contributed by atoms with Gasteiger partial charge in [-0.15, -0.1) is 0 Å². The summed E-state index contributed by atoms with van der Waals surface area (Å²) in [4.78, 5) is 27.5. The van der Waals surface area contributed by atoms with Crippen LogP contribution in [0.1, 0.15) is 19.2 Å². The zero-order valence-electron chi connectivity index (χ0n) is 15.0. The molecular formula is C20H17Cl2N3O3. The van der Waals surface area contributed by atoms with Crippen molar-refractivity contribution in [3.63, 3.8) is 0 Å². The SMILES string of the molecule is CC(=O)Nc1cccc(NC(=O)CCc2ncc(-c3ccc(Cl)cc3Cl)o2)c1. The molecule has 2 aromatic carbocycles. The van der Waals surface area contributed by atoms with Crippen molar-refractivity contribution in [2.45, 2.75) is 19.8 Å². The third-order valence-electron chi connectivity index (χ3n) is 3.78. The molecule has 0 fully saturated rings. The monoisotopic (exact) mass is 417 g/mol. The van der Waals surface area contributed by atoms with Crippen molar-refractivity contribution >= 4 is 46.4 Å². The number of carbonyl (C=O) groups excluding carboxylic acids is 2. The summed E-state index contributed by atoms with van der Waals surface area (Å²) in [6.07, 6.45) is 2.10. The number of hydrogen-bond acceptors (Lipinski definition) is 4. The number of rotatable bonds is 6. The Labute approximate surface area is 171 Å². The number of anilines is 2. The number of halogens is 2. The third-order valence-corrected chi connectivity index (χ3v) is 4.33. The molecule has 0 aliphatic heterocycles. The van der Waals surface area contributed by atoms with Gasteiger partial charge in [-0.25, -0.2) is 4.98 Å². The van der Waals surface area contributed by atoms with Gasteiger partial charge in [-0.05, 0) is 36.4 Å². The summed E-state index contributed by atoms with van der Waals surface area (Å²) >= 11 is 12.1. The van der Waals surface area contributed by atoms with Crippen LogP contribution in [0.3, 0.4) is 0 Å². The number of carbonyl (C=O) groups is 2. The van der Waals surface area contributed by atoms with E-state index in [1.807, 2.05) is 0 Å². The molecule has 0 spiro atoms. The van der Waals surface area contributed by atoms with Gasteiger partial charge >= 0.3 is 0 Å². The Morgan fingerprint density at radius 2 is 1.82 bits per heavy atom. The van der Waals surface area contributed by atoms with Crippen molar-refractivity contribution < 1.29 is 14.0 Å². The summed E-state index contributed by atoms with van der Waals surface area (Å²) in [7, 11) is 0. The molecular weight excluding hydrogens is 401 g/mol. The van der Waals surface area contributed by atoms with Crippen molar-refractivity contribution in [3.05, 3.63) is 64.6 Å². The Morgan fingerprint density at radius 3 is 2.54 bits per heavy atom. The fraction of sp³-hybridized carbons (Fsp3) is 0.150. The van der Waals surface area contributed by atoms with E-state index in [0.717, 1.165) is 0 Å². The molecule has 0 radical (unpaired) electrons. The van der Waals surface area contributed by atoms with Gasteiger partial charge in [0.05, 0.1) is 11.2 Å². The molecule has 144 valence electrons. The van der Waals surface area contributed by atoms with E-state index >= 15 is 0 Å². The number of hydrogen-bond donors (Lipinski definition) is 2. The molecule has 3 rings (SSSR count). The zero-order chi connectivity index (χ0) is 20.1. The molecule has 28 heavy (non-hydrogen) atoms. The van der Waals surface area contributed by atoms with Crippen molar-refractivity contribution in [2.24, 2.45) is 0 Å². The zero-order valence-corrected chi connectivity index (χ0v) is 16.5. The van der Waals surface area contributed by atoms with Gasteiger partial charge in [-0.1, -0.05) is 29.3 Å². The van der Waals surface area contributed by atoms with E-state index in [2.05, 4.69) is 15.6 Å². The standard InChI is InChI=1S/C20H17Cl2N3O3/c1-12(26)24-14-3-2-4-15(10-14)25-19(27)7-8-20-23-11-18(28-20)16-6-5-13(21)9-17(16)22/h2-6,9-11H,7-8H2,1H3,(H,24,26)(H,25,27). The molecule has 0 bridgehead atoms. The van der Waals surface area contributed by atoms with Gasteiger partial charge < -0.3 is 15.1 Å². The maximum Gasteiger partial charge on any atom is 0.224 e. The van der Waals surface area contributed by atoms with Crippen LogP contribution in [-0.2, 0) is 16.0 Å². The second-order valence-electron chi connectivity index (χ2n) is 6.05. The predicted octanol–water partition coefficient (Wildman–Crippen LogP) is 5.18. The highest BCUT2D eigenvalue weighted by molar-refractivity contribution is 6.36. The molecule has 6 nitrogen and oxygen atoms in total. The number of oxazole rings is 1. The van der Waals surface area contributed by atoms with Crippen LogP contribution in [0.4, 0.5) is 11.4 Å². The van der Waals surface area contributed by atoms with E-state index in [1.165, 1.54) is 6.92 Å². The van der Waals surface area contributed by atoms with Crippen molar-refractivity contribution in [3.8, 4) is 11.3 Å². The van der Waals surface area contributed by atoms with Gasteiger partial charge in [0.15, 0.2) is 11.7 Å². The number of nitrogens with zero attached hydrogens (tertiary/aromatic N) is 1. The summed E-state index contributed by atoms with van der Waals surface area (Å²) in [6.45, 7) is 1.42. The molecule has 0 saturated heterocycles. The minimum absolute atomic E-state index is 0.177. The first kappa shape index (κ1) is 19.9. The van der Waals surface area contributed by atoms with E-state index < -0.39 is 0 Å². The number of nitrogens with one attached hydrogen (secondary N) is 2. The van der Waals surface area contributed by atoms with E-state index in [9.17, 15) is 9.59 Å². The van der Waals surface area contributed by atoms with Crippen LogP contribution in [0.15, 0.2) is 53.1 Å². The smallest absolute Gasteiger partial charge is 0.224 e. The molecule has 0 aliphatic rings. The van der Waals surface area contributed by atoms with Crippen LogP contribution in [-0.4, -0.2) is 16.8 Å². The number of aromatic nitrogens is 1. The molecule has 0 saturated carbocycles. The summed E-state index contributed by atoms with van der Waals surface area (Å²) in [5, 5.41) is 6.45. The van der Waals surface area contributed by atoms with E-state index in [-0.39, 0.29) is 18.2 Å². The topological polar surface area (TPSA) is 84.2 Å². The van der Waals surface area contributed by atoms with Gasteiger partial charge in [-0.2, -0.15) is 0 Å². The highest BCUT2D eigenvalue weighted by atomic mass is 35.5. The molecule has 0 unspecified atom stereocenters. The molecule has 0 aliphatic carbocycles. The molecule has 1 heterocycles. The van der Waals surface area contributed by atoms with Crippen molar-refractivity contribution in [2.75, 3.05) is 10.6 Å². The highest BCUT2D eigenvalue weighted by Crippen LogP contribution is 2.30. The lowest BCUT2D eigenvalue weighted by Crippen LogP contribution is -2.13. The van der Waals surface area contributed by atoms with E-state index in [4.69, 9.17) is 27.6 Å². The minimum Gasteiger partial charge on any atom is -0.441 e. The quantitative estimate of drug-likeness (QED) is 0.578. The van der Waals surface area contributed by atoms with Gasteiger partial charge in [0.2, 0.25) is 11.8 Å². The van der Waals surface area contributed by atoms with Gasteiger partial charge in [-0.3, -0.25) is 9.59 Å². The minimum atomic E-state index is -0.191.